The summed E-state index contributed by atoms with van der Waals surface area (Å²) in [5.74, 6) is 2.33. The van der Waals surface area contributed by atoms with Crippen LogP contribution in [0.15, 0.2) is 18.2 Å². The van der Waals surface area contributed by atoms with Crippen molar-refractivity contribution in [2.75, 3.05) is 7.11 Å². The third kappa shape index (κ3) is 3.36. The third-order valence-electron chi connectivity index (χ3n) is 7.18. The summed E-state index contributed by atoms with van der Waals surface area (Å²) in [6.07, 6.45) is 7.25. The molecule has 0 radical (unpaired) electrons. The number of aromatic hydroxyl groups is 1. The molecule has 0 bridgehead atoms. The van der Waals surface area contributed by atoms with Gasteiger partial charge in [-0.15, -0.1) is 0 Å². The Bertz CT molecular complexity index is 650. The molecule has 2 fully saturated rings. The number of aliphatic hydroxyl groups excluding tert-OH is 1. The molecule has 0 aliphatic heterocycles. The van der Waals surface area contributed by atoms with E-state index in [0.717, 1.165) is 25.2 Å². The van der Waals surface area contributed by atoms with E-state index in [1.807, 2.05) is 12.1 Å². The fraction of sp³-hybridized carbons (Fsp3) is 0.682. The van der Waals surface area contributed by atoms with Crippen molar-refractivity contribution in [2.45, 2.75) is 70.8 Å². The smallest absolute Gasteiger partial charge is 0.305 e. The molecule has 0 spiro atoms. The zero-order chi connectivity index (χ0) is 18.9. The highest BCUT2D eigenvalue weighted by Crippen LogP contribution is 2.60. The number of phenols is 1. The van der Waals surface area contributed by atoms with Gasteiger partial charge in [0.05, 0.1) is 13.2 Å². The second-order valence-corrected chi connectivity index (χ2v) is 8.37. The summed E-state index contributed by atoms with van der Waals surface area (Å²) in [7, 11) is 1.38. The predicted molar refractivity (Wildman–Crippen MR) is 101 cm³/mol. The standard InChI is InChI=1S/C18H24O2.C4H8O2/c1-18-9-8-14-13-5-3-12(19)10-11(13)2-4-15(14)16(18)6-7-17(18)20;1-3-4(5)6-2/h3,5,10,14-17,19-20H,2,4,6-9H2,1H3;3H2,1-2H3/t14-,15-,16+,17+,18+;/m1./s1. The molecule has 0 unspecified atom stereocenters. The van der Waals surface area contributed by atoms with Crippen LogP contribution in [0.5, 0.6) is 5.75 Å². The highest BCUT2D eigenvalue weighted by Gasteiger charge is 2.54. The fourth-order valence-electron chi connectivity index (χ4n) is 5.69. The first-order valence-corrected chi connectivity index (χ1v) is 9.97. The molecule has 0 aromatic heterocycles. The fourth-order valence-corrected chi connectivity index (χ4v) is 5.69. The zero-order valence-corrected chi connectivity index (χ0v) is 16.2. The third-order valence-corrected chi connectivity index (χ3v) is 7.18. The largest absolute Gasteiger partial charge is 0.508 e. The first-order valence-electron chi connectivity index (χ1n) is 9.97. The predicted octanol–water partition coefficient (Wildman–Crippen LogP) is 4.18. The average molecular weight is 360 g/mol. The van der Waals surface area contributed by atoms with Gasteiger partial charge in [0.15, 0.2) is 0 Å². The van der Waals surface area contributed by atoms with Crippen molar-refractivity contribution >= 4 is 5.97 Å². The summed E-state index contributed by atoms with van der Waals surface area (Å²) in [6, 6.07) is 5.96. The zero-order valence-electron chi connectivity index (χ0n) is 16.2. The Labute approximate surface area is 156 Å². The normalized spacial score (nSPS) is 34.6. The van der Waals surface area contributed by atoms with Crippen LogP contribution in [0.25, 0.3) is 0 Å². The molecule has 3 aliphatic carbocycles. The van der Waals surface area contributed by atoms with Crippen LogP contribution < -0.4 is 0 Å². The molecule has 1 aromatic carbocycles. The van der Waals surface area contributed by atoms with Crippen molar-refractivity contribution in [1.29, 1.82) is 0 Å². The molecule has 26 heavy (non-hydrogen) atoms. The number of aryl methyl sites for hydroxylation is 1. The number of phenolic OH excluding ortho intramolecular Hbond substituents is 1. The quantitative estimate of drug-likeness (QED) is 0.737. The van der Waals surface area contributed by atoms with Gasteiger partial charge in [-0.3, -0.25) is 4.79 Å². The lowest BCUT2D eigenvalue weighted by Gasteiger charge is -2.50. The maximum atomic E-state index is 10.4. The van der Waals surface area contributed by atoms with Crippen LogP contribution in [0.4, 0.5) is 0 Å². The van der Waals surface area contributed by atoms with Gasteiger partial charge in [-0.1, -0.05) is 19.9 Å². The Hall–Kier alpha value is -1.55. The molecule has 4 rings (SSSR count). The van der Waals surface area contributed by atoms with E-state index in [0.29, 0.717) is 24.0 Å². The number of hydrogen-bond donors (Lipinski definition) is 2. The van der Waals surface area contributed by atoms with Crippen molar-refractivity contribution in [2.24, 2.45) is 17.3 Å². The molecule has 3 aliphatic rings. The molecular weight excluding hydrogens is 328 g/mol. The summed E-state index contributed by atoms with van der Waals surface area (Å²) >= 11 is 0. The molecule has 0 heterocycles. The second kappa shape index (κ2) is 7.59. The minimum Gasteiger partial charge on any atom is -0.508 e. The monoisotopic (exact) mass is 360 g/mol. The van der Waals surface area contributed by atoms with Crippen LogP contribution in [0.1, 0.15) is 69.4 Å². The number of carbonyl (C=O) groups excluding carboxylic acids is 1. The van der Waals surface area contributed by atoms with Gasteiger partial charge in [0.2, 0.25) is 0 Å². The minimum absolute atomic E-state index is 0.0883. The lowest BCUT2D eigenvalue weighted by Crippen LogP contribution is -2.43. The molecule has 5 atom stereocenters. The maximum absolute atomic E-state index is 10.4. The van der Waals surface area contributed by atoms with E-state index in [9.17, 15) is 15.0 Å². The number of rotatable bonds is 1. The first-order chi connectivity index (χ1) is 12.4. The number of carbonyl (C=O) groups is 1. The molecule has 0 saturated heterocycles. The number of benzene rings is 1. The highest BCUT2D eigenvalue weighted by atomic mass is 16.5. The molecule has 1 aromatic rings. The number of esters is 1. The molecular formula is C22H32O4. The Morgan fingerprint density at radius 2 is 2.04 bits per heavy atom. The molecule has 4 heteroatoms. The van der Waals surface area contributed by atoms with E-state index in [-0.39, 0.29) is 17.5 Å². The van der Waals surface area contributed by atoms with E-state index in [1.54, 1.807) is 6.92 Å². The topological polar surface area (TPSA) is 66.8 Å². The van der Waals surface area contributed by atoms with Gasteiger partial charge in [0, 0.05) is 6.42 Å². The summed E-state index contributed by atoms with van der Waals surface area (Å²) in [6.45, 7) is 4.07. The highest BCUT2D eigenvalue weighted by molar-refractivity contribution is 5.68. The number of ether oxygens (including phenoxy) is 1. The van der Waals surface area contributed by atoms with Crippen LogP contribution in [0, 0.1) is 17.3 Å². The van der Waals surface area contributed by atoms with E-state index in [2.05, 4.69) is 17.7 Å². The maximum Gasteiger partial charge on any atom is 0.305 e. The first kappa shape index (κ1) is 19.2. The summed E-state index contributed by atoms with van der Waals surface area (Å²) in [4.78, 5) is 9.96. The molecule has 2 saturated carbocycles. The van der Waals surface area contributed by atoms with Crippen LogP contribution in [0.3, 0.4) is 0 Å². The molecule has 144 valence electrons. The number of aliphatic hydroxyl groups is 1. The van der Waals surface area contributed by atoms with Crippen LogP contribution in [0.2, 0.25) is 0 Å². The molecule has 0 amide bonds. The molecule has 2 N–H and O–H groups in total. The van der Waals surface area contributed by atoms with E-state index >= 15 is 0 Å². The number of fused-ring (bicyclic) bond motifs is 5. The van der Waals surface area contributed by atoms with Gasteiger partial charge < -0.3 is 14.9 Å². The van der Waals surface area contributed by atoms with Crippen molar-refractivity contribution in [3.8, 4) is 5.75 Å². The van der Waals surface area contributed by atoms with Crippen molar-refractivity contribution in [3.05, 3.63) is 29.3 Å². The van der Waals surface area contributed by atoms with Gasteiger partial charge in [-0.2, -0.15) is 0 Å². The van der Waals surface area contributed by atoms with Crippen molar-refractivity contribution in [1.82, 2.24) is 0 Å². The summed E-state index contributed by atoms with van der Waals surface area (Å²) in [5.41, 5.74) is 2.99. The van der Waals surface area contributed by atoms with E-state index in [1.165, 1.54) is 37.5 Å². The van der Waals surface area contributed by atoms with E-state index in [4.69, 9.17) is 0 Å². The second-order valence-electron chi connectivity index (χ2n) is 8.37. The van der Waals surface area contributed by atoms with Crippen molar-refractivity contribution < 1.29 is 19.7 Å². The number of hydrogen-bond acceptors (Lipinski definition) is 4. The minimum atomic E-state index is -0.157. The number of methoxy groups -OCH3 is 1. The molecule has 4 nitrogen and oxygen atoms in total. The lowest BCUT2D eigenvalue weighted by atomic mass is 9.55. The SMILES string of the molecule is CCC(=O)OC.C[C@]12CC[C@@H]3c4ccc(O)cc4CC[C@H]3[C@@H]1CC[C@@H]2O. The van der Waals surface area contributed by atoms with Crippen LogP contribution in [-0.2, 0) is 16.0 Å². The van der Waals surface area contributed by atoms with Crippen LogP contribution in [-0.4, -0.2) is 29.4 Å². The van der Waals surface area contributed by atoms with Gasteiger partial charge in [0.1, 0.15) is 5.75 Å². The summed E-state index contributed by atoms with van der Waals surface area (Å²) < 4.78 is 4.26. The summed E-state index contributed by atoms with van der Waals surface area (Å²) in [5, 5.41) is 20.0. The van der Waals surface area contributed by atoms with Gasteiger partial charge in [0.25, 0.3) is 0 Å². The Balaban J connectivity index is 0.000000286. The van der Waals surface area contributed by atoms with E-state index < -0.39 is 0 Å². The van der Waals surface area contributed by atoms with Gasteiger partial charge in [-0.05, 0) is 85.0 Å². The van der Waals surface area contributed by atoms with Gasteiger partial charge >= 0.3 is 5.97 Å². The Kier molecular flexibility index (Phi) is 5.61. The van der Waals surface area contributed by atoms with Crippen molar-refractivity contribution in [3.63, 3.8) is 0 Å². The Morgan fingerprint density at radius 3 is 2.69 bits per heavy atom. The van der Waals surface area contributed by atoms with Crippen LogP contribution >= 0.6 is 0 Å². The lowest BCUT2D eigenvalue weighted by molar-refractivity contribution is -0.140. The Morgan fingerprint density at radius 1 is 1.27 bits per heavy atom. The van der Waals surface area contributed by atoms with Gasteiger partial charge in [-0.25, -0.2) is 0 Å². The average Bonchev–Trinajstić information content (AvgIpc) is 2.96.